The van der Waals surface area contributed by atoms with Crippen molar-refractivity contribution in [1.82, 2.24) is 0 Å². The number of ether oxygens (including phenoxy) is 2. The first-order chi connectivity index (χ1) is 8.16. The van der Waals surface area contributed by atoms with Crippen LogP contribution in [0.3, 0.4) is 0 Å². The van der Waals surface area contributed by atoms with Crippen molar-refractivity contribution < 1.29 is 23.8 Å². The van der Waals surface area contributed by atoms with E-state index in [4.69, 9.17) is 14.6 Å². The van der Waals surface area contributed by atoms with Gasteiger partial charge in [0.25, 0.3) is 0 Å². The highest BCUT2D eigenvalue weighted by atomic mass is 19.1. The van der Waals surface area contributed by atoms with E-state index in [1.54, 1.807) is 18.2 Å². The normalized spacial score (nSPS) is 15.2. The Kier molecular flexibility index (Phi) is 3.27. The molecule has 0 bridgehead atoms. The summed E-state index contributed by atoms with van der Waals surface area (Å²) in [6.07, 6.45) is 1.72. The Bertz CT molecular complexity index is 468. The molecule has 1 aromatic carbocycles. The zero-order valence-electron chi connectivity index (χ0n) is 8.98. The van der Waals surface area contributed by atoms with Crippen LogP contribution in [0.2, 0.25) is 0 Å². The molecule has 1 aliphatic rings. The van der Waals surface area contributed by atoms with Gasteiger partial charge in [-0.25, -0.2) is 4.79 Å². The average molecular weight is 238 g/mol. The van der Waals surface area contributed by atoms with Gasteiger partial charge in [0.2, 0.25) is 5.83 Å². The Morgan fingerprint density at radius 1 is 1.29 bits per heavy atom. The summed E-state index contributed by atoms with van der Waals surface area (Å²) in [7, 11) is 0. The molecule has 1 N–H and O–H groups in total. The lowest BCUT2D eigenvalue weighted by atomic mass is 10.2. The van der Waals surface area contributed by atoms with E-state index in [1.165, 1.54) is 0 Å². The maximum atomic E-state index is 12.9. The maximum absolute atomic E-state index is 12.9. The van der Waals surface area contributed by atoms with Crippen molar-refractivity contribution in [1.29, 1.82) is 0 Å². The van der Waals surface area contributed by atoms with Crippen LogP contribution in [0.25, 0.3) is 6.08 Å². The Labute approximate surface area is 97.3 Å². The monoisotopic (exact) mass is 238 g/mol. The third-order valence-corrected chi connectivity index (χ3v) is 2.27. The second-order valence-corrected chi connectivity index (χ2v) is 3.55. The highest BCUT2D eigenvalue weighted by Gasteiger charge is 2.11. The summed E-state index contributed by atoms with van der Waals surface area (Å²) < 4.78 is 23.7. The molecule has 1 aliphatic heterocycles. The molecule has 1 heterocycles. The molecule has 0 aromatic heterocycles. The summed E-state index contributed by atoms with van der Waals surface area (Å²) in [5.41, 5.74) is 0.425. The topological polar surface area (TPSA) is 55.8 Å². The highest BCUT2D eigenvalue weighted by molar-refractivity contribution is 5.89. The standard InChI is InChI=1S/C12H11FO4/c13-9(12(14)15)6-8-2-3-10-11(7-8)17-5-1-4-16-10/h2-3,6-7H,1,4-5H2,(H,14,15). The summed E-state index contributed by atoms with van der Waals surface area (Å²) in [6, 6.07) is 4.78. The quantitative estimate of drug-likeness (QED) is 0.803. The van der Waals surface area contributed by atoms with Crippen molar-refractivity contribution in [3.05, 3.63) is 29.6 Å². The van der Waals surface area contributed by atoms with Gasteiger partial charge in [0, 0.05) is 6.42 Å². The van der Waals surface area contributed by atoms with Gasteiger partial charge >= 0.3 is 5.97 Å². The van der Waals surface area contributed by atoms with Crippen molar-refractivity contribution in [3.8, 4) is 11.5 Å². The van der Waals surface area contributed by atoms with E-state index in [-0.39, 0.29) is 0 Å². The van der Waals surface area contributed by atoms with E-state index in [0.29, 0.717) is 30.3 Å². The largest absolute Gasteiger partial charge is 0.490 e. The third-order valence-electron chi connectivity index (χ3n) is 2.27. The van der Waals surface area contributed by atoms with Crippen molar-refractivity contribution in [2.45, 2.75) is 6.42 Å². The minimum atomic E-state index is -1.59. The van der Waals surface area contributed by atoms with E-state index >= 15 is 0 Å². The fourth-order valence-electron chi connectivity index (χ4n) is 1.48. The highest BCUT2D eigenvalue weighted by Crippen LogP contribution is 2.31. The molecule has 90 valence electrons. The Morgan fingerprint density at radius 3 is 2.71 bits per heavy atom. The van der Waals surface area contributed by atoms with Crippen molar-refractivity contribution in [3.63, 3.8) is 0 Å². The van der Waals surface area contributed by atoms with Crippen LogP contribution in [0, 0.1) is 0 Å². The van der Waals surface area contributed by atoms with Gasteiger partial charge in [0.15, 0.2) is 11.5 Å². The number of carbonyl (C=O) groups is 1. The van der Waals surface area contributed by atoms with Gasteiger partial charge in [0.05, 0.1) is 13.2 Å². The smallest absolute Gasteiger partial charge is 0.364 e. The van der Waals surface area contributed by atoms with E-state index in [0.717, 1.165) is 12.5 Å². The molecule has 4 nitrogen and oxygen atoms in total. The lowest BCUT2D eigenvalue weighted by Gasteiger charge is -2.07. The molecular formula is C12H11FO4. The average Bonchev–Trinajstić information content (AvgIpc) is 2.53. The molecule has 2 rings (SSSR count). The van der Waals surface area contributed by atoms with Gasteiger partial charge in [-0.3, -0.25) is 0 Å². The van der Waals surface area contributed by atoms with Crippen molar-refractivity contribution in [2.75, 3.05) is 13.2 Å². The van der Waals surface area contributed by atoms with Gasteiger partial charge in [-0.2, -0.15) is 4.39 Å². The summed E-state index contributed by atoms with van der Waals surface area (Å²) in [5.74, 6) is -1.69. The predicted octanol–water partition coefficient (Wildman–Crippen LogP) is 2.24. The number of rotatable bonds is 2. The fraction of sp³-hybridized carbons (Fsp3) is 0.250. The molecule has 0 spiro atoms. The van der Waals surface area contributed by atoms with Gasteiger partial charge in [-0.05, 0) is 23.8 Å². The second-order valence-electron chi connectivity index (χ2n) is 3.55. The molecule has 0 fully saturated rings. The molecular weight excluding hydrogens is 227 g/mol. The fourth-order valence-corrected chi connectivity index (χ4v) is 1.48. The number of hydrogen-bond donors (Lipinski definition) is 1. The lowest BCUT2D eigenvalue weighted by Crippen LogP contribution is -1.97. The van der Waals surface area contributed by atoms with E-state index in [1.807, 2.05) is 0 Å². The van der Waals surface area contributed by atoms with Crippen molar-refractivity contribution in [2.24, 2.45) is 0 Å². The minimum absolute atomic E-state index is 0.425. The Morgan fingerprint density at radius 2 is 2.00 bits per heavy atom. The van der Waals surface area contributed by atoms with Crippen LogP contribution in [0.4, 0.5) is 4.39 Å². The zero-order chi connectivity index (χ0) is 12.3. The Hall–Kier alpha value is -2.04. The van der Waals surface area contributed by atoms with Crippen LogP contribution in [0.15, 0.2) is 24.0 Å². The Balaban J connectivity index is 2.29. The molecule has 0 aliphatic carbocycles. The molecule has 0 saturated heterocycles. The molecule has 5 heteroatoms. The number of carboxylic acids is 1. The number of halogens is 1. The van der Waals surface area contributed by atoms with E-state index in [9.17, 15) is 9.18 Å². The first-order valence-electron chi connectivity index (χ1n) is 5.17. The number of carboxylic acid groups (broad SMARTS) is 1. The molecule has 0 atom stereocenters. The van der Waals surface area contributed by atoms with Crippen LogP contribution in [0.1, 0.15) is 12.0 Å². The summed E-state index contributed by atoms with van der Waals surface area (Å²) in [6.45, 7) is 1.10. The number of hydrogen-bond acceptors (Lipinski definition) is 3. The van der Waals surface area contributed by atoms with Crippen LogP contribution in [0.5, 0.6) is 11.5 Å². The van der Waals surface area contributed by atoms with Crippen molar-refractivity contribution >= 4 is 12.0 Å². The SMILES string of the molecule is O=C(O)C(F)=Cc1ccc2c(c1)OCCCO2. The molecule has 17 heavy (non-hydrogen) atoms. The molecule has 0 radical (unpaired) electrons. The third kappa shape index (κ3) is 2.75. The zero-order valence-corrected chi connectivity index (χ0v) is 8.98. The van der Waals surface area contributed by atoms with Gasteiger partial charge in [-0.15, -0.1) is 0 Å². The summed E-state index contributed by atoms with van der Waals surface area (Å²) >= 11 is 0. The first-order valence-corrected chi connectivity index (χ1v) is 5.17. The second kappa shape index (κ2) is 4.86. The molecule has 1 aromatic rings. The van der Waals surface area contributed by atoms with Crippen LogP contribution in [-0.4, -0.2) is 24.3 Å². The van der Waals surface area contributed by atoms with E-state index in [2.05, 4.69) is 0 Å². The molecule has 0 unspecified atom stereocenters. The van der Waals surface area contributed by atoms with Gasteiger partial charge in [0.1, 0.15) is 0 Å². The predicted molar refractivity (Wildman–Crippen MR) is 58.8 cm³/mol. The van der Waals surface area contributed by atoms with Crippen LogP contribution >= 0.6 is 0 Å². The van der Waals surface area contributed by atoms with E-state index < -0.39 is 11.8 Å². The van der Waals surface area contributed by atoms with Gasteiger partial charge < -0.3 is 14.6 Å². The number of fused-ring (bicyclic) bond motifs is 1. The number of aliphatic carboxylic acids is 1. The molecule has 0 amide bonds. The lowest BCUT2D eigenvalue weighted by molar-refractivity contribution is -0.134. The maximum Gasteiger partial charge on any atom is 0.364 e. The number of benzene rings is 1. The van der Waals surface area contributed by atoms with Gasteiger partial charge in [-0.1, -0.05) is 6.07 Å². The summed E-state index contributed by atoms with van der Waals surface area (Å²) in [4.78, 5) is 10.3. The van der Waals surface area contributed by atoms with Crippen LogP contribution in [-0.2, 0) is 4.79 Å². The summed E-state index contributed by atoms with van der Waals surface area (Å²) in [5, 5.41) is 8.43. The first kappa shape index (κ1) is 11.4. The van der Waals surface area contributed by atoms with Crippen LogP contribution < -0.4 is 9.47 Å². The minimum Gasteiger partial charge on any atom is -0.490 e. The molecule has 0 saturated carbocycles.